The summed E-state index contributed by atoms with van der Waals surface area (Å²) >= 11 is 0. The second-order valence-electron chi connectivity index (χ2n) is 5.75. The molecule has 0 aromatic carbocycles. The summed E-state index contributed by atoms with van der Waals surface area (Å²) in [5.74, 6) is -0.501. The van der Waals surface area contributed by atoms with Crippen molar-refractivity contribution in [1.29, 1.82) is 0 Å². The molecular formula is C18H14FN7O. The van der Waals surface area contributed by atoms with E-state index in [9.17, 15) is 9.18 Å². The second-order valence-corrected chi connectivity index (χ2v) is 5.75. The Balaban J connectivity index is 1.73. The molecule has 27 heavy (non-hydrogen) atoms. The fourth-order valence-corrected chi connectivity index (χ4v) is 2.63. The lowest BCUT2D eigenvalue weighted by atomic mass is 10.2. The molecule has 3 N–H and O–H groups in total. The van der Waals surface area contributed by atoms with Crippen molar-refractivity contribution in [1.82, 2.24) is 24.3 Å². The van der Waals surface area contributed by atoms with Crippen LogP contribution in [0.3, 0.4) is 0 Å². The number of halogens is 1. The van der Waals surface area contributed by atoms with Gasteiger partial charge in [0.15, 0.2) is 5.82 Å². The number of nitrogens with two attached hydrogens (primary N) is 1. The molecule has 0 saturated heterocycles. The van der Waals surface area contributed by atoms with Gasteiger partial charge in [0.1, 0.15) is 23.0 Å². The van der Waals surface area contributed by atoms with E-state index in [-0.39, 0.29) is 17.2 Å². The maximum atomic E-state index is 13.6. The molecule has 0 fully saturated rings. The predicted molar refractivity (Wildman–Crippen MR) is 96.3 cm³/mol. The quantitative estimate of drug-likeness (QED) is 0.561. The maximum Gasteiger partial charge on any atom is 0.254 e. The van der Waals surface area contributed by atoms with Crippen molar-refractivity contribution >= 4 is 17.4 Å². The first kappa shape index (κ1) is 16.6. The van der Waals surface area contributed by atoms with Gasteiger partial charge in [-0.15, -0.1) is 0 Å². The third-order valence-electron chi connectivity index (χ3n) is 3.94. The normalized spacial score (nSPS) is 10.9. The van der Waals surface area contributed by atoms with Gasteiger partial charge in [-0.2, -0.15) is 0 Å². The predicted octanol–water partition coefficient (Wildman–Crippen LogP) is 2.04. The zero-order valence-electron chi connectivity index (χ0n) is 14.0. The van der Waals surface area contributed by atoms with Gasteiger partial charge in [-0.1, -0.05) is 6.07 Å². The van der Waals surface area contributed by atoms with Gasteiger partial charge in [-0.05, 0) is 23.8 Å². The first-order valence-corrected chi connectivity index (χ1v) is 8.04. The number of amides is 1. The average Bonchev–Trinajstić information content (AvgIpc) is 3.10. The van der Waals surface area contributed by atoms with Crippen molar-refractivity contribution in [3.63, 3.8) is 0 Å². The largest absolute Gasteiger partial charge is 0.365 e. The Hall–Kier alpha value is -3.88. The highest BCUT2D eigenvalue weighted by Gasteiger charge is 2.15. The summed E-state index contributed by atoms with van der Waals surface area (Å²) in [5, 5.41) is 3.08. The fraction of sp³-hybridized carbons (Fsp3) is 0.0556. The second kappa shape index (κ2) is 6.79. The van der Waals surface area contributed by atoms with Crippen molar-refractivity contribution in [2.75, 3.05) is 5.32 Å². The molecule has 4 heterocycles. The van der Waals surface area contributed by atoms with Crippen molar-refractivity contribution in [2.45, 2.75) is 6.54 Å². The van der Waals surface area contributed by atoms with Crippen LogP contribution in [0.1, 0.15) is 15.9 Å². The lowest BCUT2D eigenvalue weighted by molar-refractivity contribution is 0.100. The molecule has 0 aliphatic rings. The number of anilines is 1. The summed E-state index contributed by atoms with van der Waals surface area (Å²) in [6.45, 7) is 0.395. The summed E-state index contributed by atoms with van der Waals surface area (Å²) < 4.78 is 15.1. The third-order valence-corrected chi connectivity index (χ3v) is 3.94. The molecule has 0 aliphatic heterocycles. The van der Waals surface area contributed by atoms with Crippen molar-refractivity contribution < 1.29 is 9.18 Å². The standard InChI is InChI=1S/C18H14FN7O/c19-12-3-4-15-22-9-14(26(15)10-12)18-24-8-13(16(20)27)17(25-18)23-7-11-2-1-5-21-6-11/h1-6,8-10H,7H2,(H2,20,27)(H,23,24,25). The van der Waals surface area contributed by atoms with Gasteiger partial charge in [-0.25, -0.2) is 19.3 Å². The van der Waals surface area contributed by atoms with Crippen LogP contribution in [0, 0.1) is 5.82 Å². The molecule has 0 aliphatic carbocycles. The van der Waals surface area contributed by atoms with Crippen LogP contribution in [-0.4, -0.2) is 30.2 Å². The van der Waals surface area contributed by atoms with Gasteiger partial charge in [0.2, 0.25) is 0 Å². The van der Waals surface area contributed by atoms with Crippen LogP contribution in [0.4, 0.5) is 10.2 Å². The summed E-state index contributed by atoms with van der Waals surface area (Å²) in [7, 11) is 0. The van der Waals surface area contributed by atoms with E-state index < -0.39 is 11.7 Å². The number of rotatable bonds is 5. The molecule has 0 spiro atoms. The number of carbonyl (C=O) groups excluding carboxylic acids is 1. The smallest absolute Gasteiger partial charge is 0.254 e. The van der Waals surface area contributed by atoms with Gasteiger partial charge in [0.05, 0.1) is 11.8 Å². The number of pyridine rings is 2. The highest BCUT2D eigenvalue weighted by atomic mass is 19.1. The van der Waals surface area contributed by atoms with Crippen LogP contribution in [0.25, 0.3) is 17.2 Å². The van der Waals surface area contributed by atoms with Gasteiger partial charge in [0.25, 0.3) is 5.91 Å². The molecule has 0 unspecified atom stereocenters. The Morgan fingerprint density at radius 1 is 1.19 bits per heavy atom. The lowest BCUT2D eigenvalue weighted by Gasteiger charge is -2.10. The van der Waals surface area contributed by atoms with E-state index in [2.05, 4.69) is 25.3 Å². The molecule has 1 amide bonds. The molecular weight excluding hydrogens is 349 g/mol. The Morgan fingerprint density at radius 2 is 2.07 bits per heavy atom. The van der Waals surface area contributed by atoms with E-state index in [1.54, 1.807) is 29.1 Å². The van der Waals surface area contributed by atoms with Crippen LogP contribution in [-0.2, 0) is 6.54 Å². The Labute approximate surface area is 152 Å². The molecule has 0 atom stereocenters. The zero-order valence-corrected chi connectivity index (χ0v) is 14.0. The highest BCUT2D eigenvalue weighted by molar-refractivity contribution is 5.97. The van der Waals surface area contributed by atoms with E-state index in [4.69, 9.17) is 5.73 Å². The van der Waals surface area contributed by atoms with Crippen LogP contribution in [0.2, 0.25) is 0 Å². The van der Waals surface area contributed by atoms with Crippen molar-refractivity contribution in [3.8, 4) is 11.5 Å². The monoisotopic (exact) mass is 363 g/mol. The Kier molecular flexibility index (Phi) is 4.17. The van der Waals surface area contributed by atoms with Gasteiger partial charge < -0.3 is 11.1 Å². The number of hydrogen-bond acceptors (Lipinski definition) is 6. The average molecular weight is 363 g/mol. The van der Waals surface area contributed by atoms with Crippen molar-refractivity contribution in [2.24, 2.45) is 5.73 Å². The SMILES string of the molecule is NC(=O)c1cnc(-c2cnc3ccc(F)cn23)nc1NCc1cccnc1. The van der Waals surface area contributed by atoms with E-state index >= 15 is 0 Å². The summed E-state index contributed by atoms with van der Waals surface area (Å²) in [6.07, 6.45) is 7.55. The molecule has 134 valence electrons. The first-order chi connectivity index (χ1) is 13.1. The molecule has 0 saturated carbocycles. The van der Waals surface area contributed by atoms with Gasteiger partial charge in [-0.3, -0.25) is 14.2 Å². The Bertz CT molecular complexity index is 1130. The van der Waals surface area contributed by atoms with E-state index in [0.29, 0.717) is 17.9 Å². The number of fused-ring (bicyclic) bond motifs is 1. The lowest BCUT2D eigenvalue weighted by Crippen LogP contribution is -2.16. The number of primary amides is 1. The minimum Gasteiger partial charge on any atom is -0.365 e. The maximum absolute atomic E-state index is 13.6. The van der Waals surface area contributed by atoms with E-state index in [0.717, 1.165) is 5.56 Å². The molecule has 8 nitrogen and oxygen atoms in total. The fourth-order valence-electron chi connectivity index (χ4n) is 2.63. The minimum atomic E-state index is -0.653. The number of aromatic nitrogens is 5. The number of nitrogens with zero attached hydrogens (tertiary/aromatic N) is 5. The van der Waals surface area contributed by atoms with E-state index in [1.807, 2.05) is 12.1 Å². The van der Waals surface area contributed by atoms with Crippen LogP contribution < -0.4 is 11.1 Å². The van der Waals surface area contributed by atoms with Gasteiger partial charge in [0, 0.05) is 31.3 Å². The molecule has 0 radical (unpaired) electrons. The number of nitrogens with one attached hydrogen (secondary N) is 1. The van der Waals surface area contributed by atoms with Crippen LogP contribution >= 0.6 is 0 Å². The van der Waals surface area contributed by atoms with E-state index in [1.165, 1.54) is 18.5 Å². The molecule has 4 aromatic rings. The topological polar surface area (TPSA) is 111 Å². The Morgan fingerprint density at radius 3 is 2.85 bits per heavy atom. The third kappa shape index (κ3) is 3.30. The molecule has 4 rings (SSSR count). The highest BCUT2D eigenvalue weighted by Crippen LogP contribution is 2.21. The minimum absolute atomic E-state index is 0.155. The zero-order chi connectivity index (χ0) is 18.8. The van der Waals surface area contributed by atoms with Gasteiger partial charge >= 0.3 is 0 Å². The molecule has 0 bridgehead atoms. The van der Waals surface area contributed by atoms with Crippen LogP contribution in [0.15, 0.2) is 55.2 Å². The molecule has 4 aromatic heterocycles. The number of imidazole rings is 1. The summed E-state index contributed by atoms with van der Waals surface area (Å²) in [5.41, 5.74) is 7.53. The summed E-state index contributed by atoms with van der Waals surface area (Å²) in [4.78, 5) is 28.6. The molecule has 9 heteroatoms. The number of carbonyl (C=O) groups is 1. The first-order valence-electron chi connectivity index (χ1n) is 8.04. The van der Waals surface area contributed by atoms with Crippen molar-refractivity contribution in [3.05, 3.63) is 72.2 Å². The summed E-state index contributed by atoms with van der Waals surface area (Å²) in [6, 6.07) is 6.58. The number of hydrogen-bond donors (Lipinski definition) is 2. The van der Waals surface area contributed by atoms with Crippen LogP contribution in [0.5, 0.6) is 0 Å².